The van der Waals surface area contributed by atoms with E-state index in [1.807, 2.05) is 54.3 Å². The number of hydrogen-bond acceptors (Lipinski definition) is 4. The second-order valence-electron chi connectivity index (χ2n) is 9.77. The summed E-state index contributed by atoms with van der Waals surface area (Å²) >= 11 is 0. The number of likely N-dealkylation sites (tertiary alicyclic amines) is 1. The Labute approximate surface area is 221 Å². The quantitative estimate of drug-likeness (QED) is 0.425. The fraction of sp³-hybridized carbons (Fsp3) is 0.567. The average molecular weight is 517 g/mol. The summed E-state index contributed by atoms with van der Waals surface area (Å²) in [4.78, 5) is 34.9. The molecule has 1 aliphatic carbocycles. The molecule has 7 heteroatoms. The molecule has 2 atom stereocenters. The number of benzene rings is 2. The predicted molar refractivity (Wildman–Crippen MR) is 148 cm³/mol. The minimum absolute atomic E-state index is 0.0109. The van der Waals surface area contributed by atoms with Gasteiger partial charge in [-0.15, -0.1) is 0 Å². The first-order valence-electron chi connectivity index (χ1n) is 13.6. The zero-order valence-electron chi connectivity index (χ0n) is 23.0. The lowest BCUT2D eigenvalue weighted by molar-refractivity contribution is -0.165. The van der Waals surface area contributed by atoms with E-state index in [2.05, 4.69) is 31.0 Å². The van der Waals surface area contributed by atoms with Crippen molar-refractivity contribution in [3.8, 4) is 0 Å². The third-order valence-electron chi connectivity index (χ3n) is 7.04. The molecule has 0 radical (unpaired) electrons. The van der Waals surface area contributed by atoms with Crippen molar-refractivity contribution in [1.82, 2.24) is 10.2 Å². The summed E-state index contributed by atoms with van der Waals surface area (Å²) in [6, 6.07) is 14.2. The van der Waals surface area contributed by atoms with E-state index in [0.717, 1.165) is 41.1 Å². The summed E-state index contributed by atoms with van der Waals surface area (Å²) < 4.78 is 9.85. The van der Waals surface area contributed by atoms with Gasteiger partial charge < -0.3 is 10.2 Å². The van der Waals surface area contributed by atoms with E-state index in [9.17, 15) is 14.1 Å². The smallest absolute Gasteiger partial charge is 0.337 e. The van der Waals surface area contributed by atoms with Crippen molar-refractivity contribution >= 4 is 29.6 Å². The summed E-state index contributed by atoms with van der Waals surface area (Å²) in [5, 5.41) is 5.04. The maximum atomic E-state index is 11.6. The van der Waals surface area contributed by atoms with Crippen molar-refractivity contribution in [3.05, 3.63) is 48.0 Å². The van der Waals surface area contributed by atoms with Gasteiger partial charge in [0.15, 0.2) is 0 Å². The maximum Gasteiger partial charge on any atom is 0.337 e. The first-order chi connectivity index (χ1) is 17.9. The molecular formula is C30H45FN2O4. The SMILES string of the molecule is CC1CCCCC1.CCC[C@H]1CCN(C=O)C1C.CCNC(=O)c1ccc2ccccc2c1.O=COF. The number of carbonyl (C=O) groups is 3. The van der Waals surface area contributed by atoms with Gasteiger partial charge in [0, 0.05) is 29.2 Å². The summed E-state index contributed by atoms with van der Waals surface area (Å²) in [7, 11) is 0. The number of carbonyl (C=O) groups excluding carboxylic acids is 3. The largest absolute Gasteiger partial charge is 0.352 e. The molecule has 0 bridgehead atoms. The molecule has 2 aliphatic rings. The maximum absolute atomic E-state index is 11.6. The summed E-state index contributed by atoms with van der Waals surface area (Å²) in [5.74, 6) is 1.78. The number of amides is 2. The summed E-state index contributed by atoms with van der Waals surface area (Å²) in [6.45, 7) is 9.97. The van der Waals surface area contributed by atoms with E-state index in [4.69, 9.17) is 4.79 Å². The van der Waals surface area contributed by atoms with Crippen molar-refractivity contribution in [3.63, 3.8) is 0 Å². The molecular weight excluding hydrogens is 471 g/mol. The van der Waals surface area contributed by atoms with Gasteiger partial charge in [-0.2, -0.15) is 0 Å². The Morgan fingerprint density at radius 1 is 1.03 bits per heavy atom. The normalized spacial score (nSPS) is 18.7. The lowest BCUT2D eigenvalue weighted by Crippen LogP contribution is -2.28. The molecule has 206 valence electrons. The Bertz CT molecular complexity index is 917. The third-order valence-corrected chi connectivity index (χ3v) is 7.04. The molecule has 0 aromatic heterocycles. The van der Waals surface area contributed by atoms with Crippen LogP contribution in [0.4, 0.5) is 4.53 Å². The van der Waals surface area contributed by atoms with Gasteiger partial charge in [0.05, 0.1) is 0 Å². The predicted octanol–water partition coefficient (Wildman–Crippen LogP) is 6.87. The molecule has 1 heterocycles. The van der Waals surface area contributed by atoms with Crippen LogP contribution in [-0.4, -0.2) is 42.8 Å². The third kappa shape index (κ3) is 12.2. The molecule has 2 amide bonds. The van der Waals surface area contributed by atoms with E-state index in [-0.39, 0.29) is 12.4 Å². The van der Waals surface area contributed by atoms with Crippen LogP contribution in [-0.2, 0) is 14.5 Å². The van der Waals surface area contributed by atoms with Gasteiger partial charge in [0.2, 0.25) is 6.41 Å². The highest BCUT2D eigenvalue weighted by Crippen LogP contribution is 2.26. The van der Waals surface area contributed by atoms with Gasteiger partial charge in [-0.3, -0.25) is 19.3 Å². The van der Waals surface area contributed by atoms with Crippen LogP contribution in [0, 0.1) is 11.8 Å². The molecule has 0 spiro atoms. The Kier molecular flexibility index (Phi) is 16.6. The Balaban J connectivity index is 0.000000273. The number of fused-ring (bicyclic) bond motifs is 1. The molecule has 2 aromatic rings. The number of nitrogens with zero attached hydrogens (tertiary/aromatic N) is 1. The van der Waals surface area contributed by atoms with Crippen molar-refractivity contribution in [2.75, 3.05) is 13.1 Å². The molecule has 2 fully saturated rings. The van der Waals surface area contributed by atoms with Crippen LogP contribution in [0.15, 0.2) is 42.5 Å². The average Bonchev–Trinajstić information content (AvgIpc) is 3.29. The van der Waals surface area contributed by atoms with Gasteiger partial charge in [0.1, 0.15) is 0 Å². The van der Waals surface area contributed by atoms with Gasteiger partial charge >= 0.3 is 6.47 Å². The van der Waals surface area contributed by atoms with Gasteiger partial charge in [-0.25, -0.2) is 0 Å². The fourth-order valence-electron chi connectivity index (χ4n) is 4.84. The molecule has 37 heavy (non-hydrogen) atoms. The first-order valence-corrected chi connectivity index (χ1v) is 13.6. The van der Waals surface area contributed by atoms with E-state index in [1.165, 1.54) is 51.4 Å². The fourth-order valence-corrected chi connectivity index (χ4v) is 4.84. The van der Waals surface area contributed by atoms with E-state index in [0.29, 0.717) is 12.6 Å². The topological polar surface area (TPSA) is 75.7 Å². The van der Waals surface area contributed by atoms with Crippen LogP contribution in [0.3, 0.4) is 0 Å². The molecule has 4 rings (SSSR count). The summed E-state index contributed by atoms with van der Waals surface area (Å²) in [6.07, 6.45) is 12.1. The highest BCUT2D eigenvalue weighted by atomic mass is 19.3. The molecule has 1 unspecified atom stereocenters. The second-order valence-corrected chi connectivity index (χ2v) is 9.77. The zero-order chi connectivity index (χ0) is 27.5. The number of rotatable bonds is 6. The van der Waals surface area contributed by atoms with Gasteiger partial charge in [-0.05, 0) is 61.4 Å². The van der Waals surface area contributed by atoms with Crippen LogP contribution in [0.2, 0.25) is 0 Å². The molecule has 1 saturated carbocycles. The first kappa shape index (κ1) is 32.1. The van der Waals surface area contributed by atoms with Crippen LogP contribution in [0.25, 0.3) is 10.8 Å². The molecule has 2 aromatic carbocycles. The number of hydrogen-bond donors (Lipinski definition) is 1. The minimum atomic E-state index is -0.292. The number of nitrogens with one attached hydrogen (secondary N) is 1. The highest BCUT2D eigenvalue weighted by molar-refractivity contribution is 5.98. The van der Waals surface area contributed by atoms with Crippen molar-refractivity contribution < 1.29 is 23.9 Å². The van der Waals surface area contributed by atoms with Gasteiger partial charge in [-0.1, -0.05) is 82.7 Å². The minimum Gasteiger partial charge on any atom is -0.352 e. The van der Waals surface area contributed by atoms with Gasteiger partial charge in [0.25, 0.3) is 5.91 Å². The monoisotopic (exact) mass is 516 g/mol. The standard InChI is InChI=1S/C13H13NO.C9H17NO.C7H14.CHFO2/c1-2-14-13(15)12-8-7-10-5-3-4-6-11(10)9-12;1-3-4-9-5-6-10(7-11)8(9)2;1-7-5-3-2-4-6-7;2-4-1-3/h3-9H,2H2,1H3,(H,14,15);7-9H,3-6H2,1-2H3;7H,2-6H2,1H3;1H/t;8?,9-;;/m.0../s1. The summed E-state index contributed by atoms with van der Waals surface area (Å²) in [5.41, 5.74) is 0.718. The van der Waals surface area contributed by atoms with Crippen LogP contribution >= 0.6 is 0 Å². The lowest BCUT2D eigenvalue weighted by atomic mass is 9.91. The van der Waals surface area contributed by atoms with E-state index < -0.39 is 0 Å². The molecule has 1 saturated heterocycles. The Morgan fingerprint density at radius 2 is 1.68 bits per heavy atom. The lowest BCUT2D eigenvalue weighted by Gasteiger charge is -2.19. The van der Waals surface area contributed by atoms with Crippen molar-refractivity contribution in [1.29, 1.82) is 0 Å². The molecule has 1 aliphatic heterocycles. The van der Waals surface area contributed by atoms with Crippen molar-refractivity contribution in [2.45, 2.75) is 85.1 Å². The van der Waals surface area contributed by atoms with Crippen molar-refractivity contribution in [2.24, 2.45) is 11.8 Å². The van der Waals surface area contributed by atoms with E-state index >= 15 is 0 Å². The van der Waals surface area contributed by atoms with E-state index in [1.54, 1.807) is 0 Å². The number of halogens is 1. The zero-order valence-corrected chi connectivity index (χ0v) is 23.0. The molecule has 1 N–H and O–H groups in total. The van der Waals surface area contributed by atoms with Crippen LogP contribution in [0.5, 0.6) is 0 Å². The van der Waals surface area contributed by atoms with Crippen LogP contribution < -0.4 is 5.32 Å². The van der Waals surface area contributed by atoms with Crippen LogP contribution in [0.1, 0.15) is 89.4 Å². The molecule has 6 nitrogen and oxygen atoms in total. The Hall–Kier alpha value is -2.96. The Morgan fingerprint density at radius 3 is 2.16 bits per heavy atom. The second kappa shape index (κ2) is 19.2. The highest BCUT2D eigenvalue weighted by Gasteiger charge is 2.28.